The minimum Gasteiger partial charge on any atom is -0.480 e. The van der Waals surface area contributed by atoms with E-state index in [9.17, 15) is 9.18 Å². The van der Waals surface area contributed by atoms with Crippen LogP contribution in [0.25, 0.3) is 0 Å². The van der Waals surface area contributed by atoms with E-state index < -0.39 is 28.6 Å². The van der Waals surface area contributed by atoms with E-state index in [1.54, 1.807) is 6.07 Å². The molecule has 0 spiro atoms. The second-order valence-electron chi connectivity index (χ2n) is 8.24. The fourth-order valence-corrected chi connectivity index (χ4v) is 5.60. The molecule has 0 aliphatic carbocycles. The van der Waals surface area contributed by atoms with E-state index >= 15 is 4.39 Å². The first kappa shape index (κ1) is 23.3. The van der Waals surface area contributed by atoms with Crippen LogP contribution in [-0.4, -0.2) is 57.3 Å². The van der Waals surface area contributed by atoms with Crippen molar-refractivity contribution in [2.75, 3.05) is 36.2 Å². The number of thioether (sulfide) groups is 1. The van der Waals surface area contributed by atoms with Gasteiger partial charge in [0.2, 0.25) is 11.8 Å². The van der Waals surface area contributed by atoms with E-state index in [0.29, 0.717) is 36.0 Å². The van der Waals surface area contributed by atoms with Crippen molar-refractivity contribution in [3.8, 4) is 5.88 Å². The predicted molar refractivity (Wildman–Crippen MR) is 126 cm³/mol. The van der Waals surface area contributed by atoms with Crippen molar-refractivity contribution in [1.82, 2.24) is 25.3 Å². The summed E-state index contributed by atoms with van der Waals surface area (Å²) in [6, 6.07) is 4.39. The number of halogens is 2. The summed E-state index contributed by atoms with van der Waals surface area (Å²) >= 11 is 1.53. The smallest absolute Gasteiger partial charge is 0.275 e. The number of benzene rings is 1. The first-order valence-electron chi connectivity index (χ1n) is 10.7. The first-order chi connectivity index (χ1) is 16.9. The van der Waals surface area contributed by atoms with Crippen LogP contribution in [0.15, 0.2) is 43.0 Å². The molecule has 1 unspecified atom stereocenters. The Kier molecular flexibility index (Phi) is 6.21. The van der Waals surface area contributed by atoms with Gasteiger partial charge >= 0.3 is 0 Å². The molecule has 1 aromatic carbocycles. The molecule has 2 aliphatic rings. The normalized spacial score (nSPS) is 23.6. The van der Waals surface area contributed by atoms with Gasteiger partial charge in [0.25, 0.3) is 5.91 Å². The molecule has 1 amide bonds. The van der Waals surface area contributed by atoms with Crippen LogP contribution >= 0.6 is 11.8 Å². The van der Waals surface area contributed by atoms with Crippen molar-refractivity contribution < 1.29 is 18.3 Å². The number of fused-ring (bicyclic) bond motifs is 1. The summed E-state index contributed by atoms with van der Waals surface area (Å²) in [7, 11) is 1.45. The maximum atomic E-state index is 15.3. The van der Waals surface area contributed by atoms with Crippen LogP contribution < -0.4 is 26.0 Å². The maximum absolute atomic E-state index is 15.3. The molecule has 5 rings (SSSR count). The molecule has 2 saturated heterocycles. The van der Waals surface area contributed by atoms with Gasteiger partial charge in [-0.1, -0.05) is 0 Å². The Hall–Kier alpha value is -3.42. The van der Waals surface area contributed by atoms with Gasteiger partial charge in [0.1, 0.15) is 17.0 Å². The Morgan fingerprint density at radius 3 is 2.74 bits per heavy atom. The second kappa shape index (κ2) is 9.32. The highest BCUT2D eigenvalue weighted by Crippen LogP contribution is 2.45. The summed E-state index contributed by atoms with van der Waals surface area (Å²) in [5.74, 6) is -0.217. The summed E-state index contributed by atoms with van der Waals surface area (Å²) in [4.78, 5) is 30.8. The fraction of sp³-hybridized carbons (Fsp3) is 0.318. The highest BCUT2D eigenvalue weighted by molar-refractivity contribution is 7.99. The van der Waals surface area contributed by atoms with Gasteiger partial charge < -0.3 is 20.7 Å². The SMILES string of the molecule is COc1cnc(C(=O)Nc2ccc(F)c([C@]34CN(c5ncc(F)cn5)C[C@H]3CSC(N)N4)c2)cn1. The molecule has 2 aliphatic heterocycles. The number of rotatable bonds is 5. The molecule has 13 heteroatoms. The van der Waals surface area contributed by atoms with Gasteiger partial charge in [-0.15, -0.1) is 11.8 Å². The van der Waals surface area contributed by atoms with Gasteiger partial charge in [0.05, 0.1) is 37.4 Å². The Morgan fingerprint density at radius 1 is 1.23 bits per heavy atom. The lowest BCUT2D eigenvalue weighted by atomic mass is 9.80. The molecule has 3 aromatic rings. The third-order valence-corrected chi connectivity index (χ3v) is 7.19. The zero-order valence-corrected chi connectivity index (χ0v) is 19.4. The van der Waals surface area contributed by atoms with Gasteiger partial charge in [0, 0.05) is 36.0 Å². The number of nitrogens with two attached hydrogens (primary N) is 1. The number of hydrogen-bond acceptors (Lipinski definition) is 10. The standard InChI is InChI=1S/C22H22F2N8O2S/c1-34-18-8-26-17(7-27-18)19(33)30-14-2-3-16(24)15(4-14)22-11-32(21-28-5-13(23)6-29-21)9-12(22)10-35-20(25)31-22/h2-8,12,20,31H,9-11,25H2,1H3,(H,30,33)/t12-,20?,22-/m0/s1. The largest absolute Gasteiger partial charge is 0.480 e. The van der Waals surface area contributed by atoms with E-state index in [0.717, 1.165) is 12.4 Å². The van der Waals surface area contributed by atoms with Crippen LogP contribution in [0.3, 0.4) is 0 Å². The number of anilines is 2. The van der Waals surface area contributed by atoms with Gasteiger partial charge in [0.15, 0.2) is 5.82 Å². The van der Waals surface area contributed by atoms with E-state index in [2.05, 4.69) is 30.6 Å². The Balaban J connectivity index is 1.46. The Bertz CT molecular complexity index is 1230. The molecule has 4 N–H and O–H groups in total. The van der Waals surface area contributed by atoms with E-state index in [-0.39, 0.29) is 17.5 Å². The average molecular weight is 501 g/mol. The maximum Gasteiger partial charge on any atom is 0.275 e. The quantitative estimate of drug-likeness (QED) is 0.476. The summed E-state index contributed by atoms with van der Waals surface area (Å²) in [6.07, 6.45) is 4.83. The third kappa shape index (κ3) is 4.49. The van der Waals surface area contributed by atoms with Crippen molar-refractivity contribution in [2.45, 2.75) is 11.0 Å². The van der Waals surface area contributed by atoms with Crippen LogP contribution in [0.2, 0.25) is 0 Å². The lowest BCUT2D eigenvalue weighted by Crippen LogP contribution is -2.59. The van der Waals surface area contributed by atoms with Crippen LogP contribution in [0.5, 0.6) is 5.88 Å². The van der Waals surface area contributed by atoms with Crippen molar-refractivity contribution in [3.05, 3.63) is 65.9 Å². The number of nitrogens with zero attached hydrogens (tertiary/aromatic N) is 5. The van der Waals surface area contributed by atoms with Gasteiger partial charge in [-0.25, -0.2) is 28.7 Å². The number of nitrogens with one attached hydrogen (secondary N) is 2. The second-order valence-corrected chi connectivity index (χ2v) is 9.42. The summed E-state index contributed by atoms with van der Waals surface area (Å²) < 4.78 is 33.6. The fourth-order valence-electron chi connectivity index (χ4n) is 4.47. The minimum atomic E-state index is -0.868. The zero-order valence-electron chi connectivity index (χ0n) is 18.6. The van der Waals surface area contributed by atoms with E-state index in [4.69, 9.17) is 10.5 Å². The van der Waals surface area contributed by atoms with Gasteiger partial charge in [-0.3, -0.25) is 10.1 Å². The van der Waals surface area contributed by atoms with Crippen LogP contribution in [0, 0.1) is 17.6 Å². The van der Waals surface area contributed by atoms with Crippen molar-refractivity contribution in [2.24, 2.45) is 11.7 Å². The number of aromatic nitrogens is 4. The molecule has 0 bridgehead atoms. The number of carbonyl (C=O) groups is 1. The molecular weight excluding hydrogens is 478 g/mol. The minimum absolute atomic E-state index is 0.0474. The highest BCUT2D eigenvalue weighted by Gasteiger charge is 2.52. The van der Waals surface area contributed by atoms with E-state index in [1.165, 1.54) is 43.4 Å². The van der Waals surface area contributed by atoms with Crippen molar-refractivity contribution in [1.29, 1.82) is 0 Å². The predicted octanol–water partition coefficient (Wildman–Crippen LogP) is 1.72. The molecule has 182 valence electrons. The van der Waals surface area contributed by atoms with Crippen LogP contribution in [0.1, 0.15) is 16.1 Å². The summed E-state index contributed by atoms with van der Waals surface area (Å²) in [5, 5.41) is 6.11. The lowest BCUT2D eigenvalue weighted by Gasteiger charge is -2.42. The molecule has 0 saturated carbocycles. The number of methoxy groups -OCH3 is 1. The Morgan fingerprint density at radius 2 is 2.03 bits per heavy atom. The number of ether oxygens (including phenoxy) is 1. The molecule has 2 aromatic heterocycles. The van der Waals surface area contributed by atoms with Crippen LogP contribution in [0.4, 0.5) is 20.4 Å². The summed E-state index contributed by atoms with van der Waals surface area (Å²) in [5.41, 5.74) is 5.77. The average Bonchev–Trinajstić information content (AvgIpc) is 3.25. The lowest BCUT2D eigenvalue weighted by molar-refractivity contribution is 0.102. The first-order valence-corrected chi connectivity index (χ1v) is 11.8. The number of hydrogen-bond donors (Lipinski definition) is 3. The monoisotopic (exact) mass is 500 g/mol. The number of carbonyl (C=O) groups excluding carboxylic acids is 1. The Labute approximate surface area is 203 Å². The van der Waals surface area contributed by atoms with Gasteiger partial charge in [-0.2, -0.15) is 0 Å². The van der Waals surface area contributed by atoms with Gasteiger partial charge in [-0.05, 0) is 18.2 Å². The van der Waals surface area contributed by atoms with Crippen LogP contribution in [-0.2, 0) is 5.54 Å². The molecule has 35 heavy (non-hydrogen) atoms. The number of amides is 1. The molecule has 2 fully saturated rings. The molecule has 3 atom stereocenters. The van der Waals surface area contributed by atoms with Crippen molar-refractivity contribution in [3.63, 3.8) is 0 Å². The van der Waals surface area contributed by atoms with Crippen molar-refractivity contribution >= 4 is 29.3 Å². The molecule has 4 heterocycles. The highest BCUT2D eigenvalue weighted by atomic mass is 32.2. The summed E-state index contributed by atoms with van der Waals surface area (Å²) in [6.45, 7) is 0.839. The van der Waals surface area contributed by atoms with E-state index in [1.807, 2.05) is 4.90 Å². The molecular formula is C22H22F2N8O2S. The third-order valence-electron chi connectivity index (χ3n) is 6.12. The zero-order chi connectivity index (χ0) is 24.6. The molecule has 0 radical (unpaired) electrons. The molecule has 10 nitrogen and oxygen atoms in total. The topological polar surface area (TPSA) is 131 Å².